The van der Waals surface area contributed by atoms with Gasteiger partial charge in [-0.1, -0.05) is 23.2 Å². The molecule has 0 bridgehead atoms. The normalized spacial score (nSPS) is 20.6. The van der Waals surface area contributed by atoms with Crippen LogP contribution in [-0.2, 0) is 9.84 Å². The van der Waals surface area contributed by atoms with Crippen LogP contribution in [0.5, 0.6) is 5.75 Å². The molecule has 0 aliphatic carbocycles. The first-order chi connectivity index (χ1) is 9.32. The highest BCUT2D eigenvalue weighted by molar-refractivity contribution is 7.91. The minimum absolute atomic E-state index is 0.0463. The van der Waals surface area contributed by atoms with Crippen LogP contribution in [-0.4, -0.2) is 39.0 Å². The fourth-order valence-electron chi connectivity index (χ4n) is 2.11. The first-order valence-corrected chi connectivity index (χ1v) is 8.44. The molecule has 1 atom stereocenters. The zero-order valence-electron chi connectivity index (χ0n) is 10.7. The molecule has 20 heavy (non-hydrogen) atoms. The van der Waals surface area contributed by atoms with Gasteiger partial charge < -0.3 is 10.1 Å². The molecular weight excluding hydrogens is 325 g/mol. The van der Waals surface area contributed by atoms with Gasteiger partial charge in [0.25, 0.3) is 5.91 Å². The van der Waals surface area contributed by atoms with Gasteiger partial charge in [0, 0.05) is 11.1 Å². The number of ether oxygens (including phenoxy) is 1. The van der Waals surface area contributed by atoms with Gasteiger partial charge in [-0.3, -0.25) is 4.79 Å². The first-order valence-electron chi connectivity index (χ1n) is 5.87. The predicted octanol–water partition coefficient (Wildman–Crippen LogP) is 1.92. The van der Waals surface area contributed by atoms with E-state index in [4.69, 9.17) is 27.9 Å². The van der Waals surface area contributed by atoms with Gasteiger partial charge in [-0.2, -0.15) is 0 Å². The minimum atomic E-state index is -3.05. The fourth-order valence-corrected chi connectivity index (χ4v) is 4.35. The Morgan fingerprint density at radius 1 is 1.40 bits per heavy atom. The third kappa shape index (κ3) is 3.37. The molecule has 1 aromatic carbocycles. The summed E-state index contributed by atoms with van der Waals surface area (Å²) in [5.41, 5.74) is 0.189. The number of benzene rings is 1. The fraction of sp³-hybridized carbons (Fsp3) is 0.417. The van der Waals surface area contributed by atoms with Gasteiger partial charge in [0.2, 0.25) is 0 Å². The standard InChI is InChI=1S/C12H13Cl2NO4S/c1-19-11-9(4-7(13)5-10(11)14)12(16)15-8-2-3-20(17,18)6-8/h4-5,8H,2-3,6H2,1H3,(H,15,16). The molecule has 1 heterocycles. The van der Waals surface area contributed by atoms with Crippen molar-refractivity contribution in [3.63, 3.8) is 0 Å². The third-order valence-electron chi connectivity index (χ3n) is 3.02. The Morgan fingerprint density at radius 2 is 2.10 bits per heavy atom. The molecule has 1 amide bonds. The number of hydrogen-bond donors (Lipinski definition) is 1. The Balaban J connectivity index is 2.22. The second-order valence-electron chi connectivity index (χ2n) is 4.54. The van der Waals surface area contributed by atoms with E-state index in [0.29, 0.717) is 11.4 Å². The molecule has 110 valence electrons. The van der Waals surface area contributed by atoms with Crippen LogP contribution in [0, 0.1) is 0 Å². The number of hydrogen-bond acceptors (Lipinski definition) is 4. The summed E-state index contributed by atoms with van der Waals surface area (Å²) >= 11 is 11.8. The average Bonchev–Trinajstić information content (AvgIpc) is 2.67. The molecule has 1 unspecified atom stereocenters. The minimum Gasteiger partial charge on any atom is -0.494 e. The Hall–Kier alpha value is -0.980. The molecule has 1 fully saturated rings. The number of rotatable bonds is 3. The lowest BCUT2D eigenvalue weighted by Gasteiger charge is -2.14. The Morgan fingerprint density at radius 3 is 2.65 bits per heavy atom. The summed E-state index contributed by atoms with van der Waals surface area (Å²) < 4.78 is 27.8. The highest BCUT2D eigenvalue weighted by atomic mass is 35.5. The van der Waals surface area contributed by atoms with Gasteiger partial charge in [-0.05, 0) is 18.6 Å². The van der Waals surface area contributed by atoms with Gasteiger partial charge >= 0.3 is 0 Å². The van der Waals surface area contributed by atoms with Crippen LogP contribution in [0.1, 0.15) is 16.8 Å². The predicted molar refractivity (Wildman–Crippen MR) is 77.5 cm³/mol. The van der Waals surface area contributed by atoms with E-state index in [-0.39, 0.29) is 27.8 Å². The van der Waals surface area contributed by atoms with E-state index < -0.39 is 21.8 Å². The number of halogens is 2. The molecular formula is C12H13Cl2NO4S. The Kier molecular flexibility index (Phi) is 4.46. The van der Waals surface area contributed by atoms with Gasteiger partial charge in [0.05, 0.1) is 29.2 Å². The van der Waals surface area contributed by atoms with Crippen LogP contribution in [0.4, 0.5) is 0 Å². The highest BCUT2D eigenvalue weighted by Gasteiger charge is 2.30. The van der Waals surface area contributed by atoms with Crippen molar-refractivity contribution in [3.05, 3.63) is 27.7 Å². The number of amides is 1. The van der Waals surface area contributed by atoms with E-state index in [1.54, 1.807) is 0 Å². The molecule has 1 saturated heterocycles. The number of methoxy groups -OCH3 is 1. The van der Waals surface area contributed by atoms with Crippen LogP contribution < -0.4 is 10.1 Å². The summed E-state index contributed by atoms with van der Waals surface area (Å²) in [6.45, 7) is 0. The second-order valence-corrected chi connectivity index (χ2v) is 7.61. The molecule has 8 heteroatoms. The number of nitrogens with one attached hydrogen (secondary N) is 1. The highest BCUT2D eigenvalue weighted by Crippen LogP contribution is 2.32. The number of carbonyl (C=O) groups is 1. The van der Waals surface area contributed by atoms with Crippen molar-refractivity contribution >= 4 is 38.9 Å². The summed E-state index contributed by atoms with van der Waals surface area (Å²) in [6.07, 6.45) is 0.407. The largest absolute Gasteiger partial charge is 0.494 e. The molecule has 0 saturated carbocycles. The summed E-state index contributed by atoms with van der Waals surface area (Å²) in [7, 11) is -1.66. The first kappa shape index (κ1) is 15.4. The van der Waals surface area contributed by atoms with Crippen molar-refractivity contribution < 1.29 is 17.9 Å². The molecule has 0 aromatic heterocycles. The van der Waals surface area contributed by atoms with E-state index in [9.17, 15) is 13.2 Å². The van der Waals surface area contributed by atoms with E-state index >= 15 is 0 Å². The summed E-state index contributed by atoms with van der Waals surface area (Å²) in [5.74, 6) is -0.191. The maximum Gasteiger partial charge on any atom is 0.255 e. The van der Waals surface area contributed by atoms with Crippen LogP contribution in [0.15, 0.2) is 12.1 Å². The van der Waals surface area contributed by atoms with Crippen LogP contribution in [0.2, 0.25) is 10.0 Å². The van der Waals surface area contributed by atoms with Gasteiger partial charge in [0.1, 0.15) is 5.75 Å². The number of sulfone groups is 1. The van der Waals surface area contributed by atoms with Crippen LogP contribution >= 0.6 is 23.2 Å². The SMILES string of the molecule is COc1c(Cl)cc(Cl)cc1C(=O)NC1CCS(=O)(=O)C1. The van der Waals surface area contributed by atoms with Crippen molar-refractivity contribution in [2.24, 2.45) is 0 Å². The van der Waals surface area contributed by atoms with Crippen molar-refractivity contribution in [2.45, 2.75) is 12.5 Å². The second kappa shape index (κ2) is 5.79. The lowest BCUT2D eigenvalue weighted by molar-refractivity contribution is 0.0938. The smallest absolute Gasteiger partial charge is 0.255 e. The molecule has 1 aliphatic rings. The molecule has 1 N–H and O–H groups in total. The maximum absolute atomic E-state index is 12.2. The molecule has 0 spiro atoms. The molecule has 1 aliphatic heterocycles. The number of carbonyl (C=O) groups excluding carboxylic acids is 1. The van der Waals surface area contributed by atoms with Crippen molar-refractivity contribution in [1.29, 1.82) is 0 Å². The maximum atomic E-state index is 12.2. The molecule has 2 rings (SSSR count). The van der Waals surface area contributed by atoms with Gasteiger partial charge in [-0.25, -0.2) is 8.42 Å². The molecule has 1 aromatic rings. The average molecular weight is 338 g/mol. The van der Waals surface area contributed by atoms with Gasteiger partial charge in [0.15, 0.2) is 9.84 Å². The van der Waals surface area contributed by atoms with Crippen LogP contribution in [0.25, 0.3) is 0 Å². The van der Waals surface area contributed by atoms with E-state index in [1.807, 2.05) is 0 Å². The zero-order valence-corrected chi connectivity index (χ0v) is 13.0. The summed E-state index contributed by atoms with van der Waals surface area (Å²) in [5, 5.41) is 3.20. The van der Waals surface area contributed by atoms with E-state index in [1.165, 1.54) is 19.2 Å². The summed E-state index contributed by atoms with van der Waals surface area (Å²) in [6, 6.07) is 2.51. The zero-order chi connectivity index (χ0) is 14.9. The summed E-state index contributed by atoms with van der Waals surface area (Å²) in [4.78, 5) is 12.2. The molecule has 0 radical (unpaired) electrons. The van der Waals surface area contributed by atoms with E-state index in [2.05, 4.69) is 5.32 Å². The Labute approximate surface area is 127 Å². The topological polar surface area (TPSA) is 72.5 Å². The van der Waals surface area contributed by atoms with Crippen molar-refractivity contribution in [2.75, 3.05) is 18.6 Å². The van der Waals surface area contributed by atoms with Crippen LogP contribution in [0.3, 0.4) is 0 Å². The third-order valence-corrected chi connectivity index (χ3v) is 5.29. The lowest BCUT2D eigenvalue weighted by Crippen LogP contribution is -2.35. The van der Waals surface area contributed by atoms with Crippen molar-refractivity contribution in [3.8, 4) is 5.75 Å². The molecule has 5 nitrogen and oxygen atoms in total. The monoisotopic (exact) mass is 337 g/mol. The van der Waals surface area contributed by atoms with Gasteiger partial charge in [-0.15, -0.1) is 0 Å². The van der Waals surface area contributed by atoms with Crippen molar-refractivity contribution in [1.82, 2.24) is 5.32 Å². The Bertz CT molecular complexity index is 645. The lowest BCUT2D eigenvalue weighted by atomic mass is 10.1. The van der Waals surface area contributed by atoms with E-state index in [0.717, 1.165) is 0 Å². The quantitative estimate of drug-likeness (QED) is 0.914.